The molecule has 1 aromatic carbocycles. The van der Waals surface area contributed by atoms with Crippen molar-refractivity contribution in [2.45, 2.75) is 19.6 Å². The van der Waals surface area contributed by atoms with Gasteiger partial charge in [0.15, 0.2) is 0 Å². The lowest BCUT2D eigenvalue weighted by Gasteiger charge is -1.96. The molecular weight excluding hydrogens is 205 g/mol. The predicted octanol–water partition coefficient (Wildman–Crippen LogP) is 1.96. The van der Waals surface area contributed by atoms with Crippen LogP contribution in [-0.2, 0) is 6.54 Å². The van der Waals surface area contributed by atoms with E-state index in [1.165, 1.54) is 11.1 Å². The van der Waals surface area contributed by atoms with E-state index in [1.807, 2.05) is 0 Å². The molecule has 0 atom stereocenters. The highest BCUT2D eigenvalue weighted by molar-refractivity contribution is 5.20. The zero-order valence-electron chi connectivity index (χ0n) is 8.51. The van der Waals surface area contributed by atoms with Crippen molar-refractivity contribution in [3.63, 3.8) is 0 Å². The summed E-state index contributed by atoms with van der Waals surface area (Å²) < 4.78 is 32.0. The van der Waals surface area contributed by atoms with E-state index in [1.54, 1.807) is 0 Å². The number of nitrogens with two attached hydrogens (primary N) is 2. The van der Waals surface area contributed by atoms with E-state index in [9.17, 15) is 13.2 Å². The Kier molecular flexibility index (Phi) is 5.96. The molecule has 0 saturated heterocycles. The Labute approximate surface area is 87.1 Å². The van der Waals surface area contributed by atoms with E-state index < -0.39 is 12.7 Å². The Morgan fingerprint density at radius 2 is 1.47 bits per heavy atom. The van der Waals surface area contributed by atoms with Gasteiger partial charge in [-0.3, -0.25) is 0 Å². The lowest BCUT2D eigenvalue weighted by molar-refractivity contribution is -0.118. The Hall–Kier alpha value is -1.07. The number of hydrogen-bond donors (Lipinski definition) is 2. The molecule has 0 saturated carbocycles. The van der Waals surface area contributed by atoms with Crippen LogP contribution in [0.15, 0.2) is 24.3 Å². The van der Waals surface area contributed by atoms with Gasteiger partial charge < -0.3 is 11.5 Å². The molecule has 0 amide bonds. The molecule has 0 aliphatic carbocycles. The molecule has 0 aliphatic heterocycles. The maximum absolute atomic E-state index is 10.7. The first-order valence-corrected chi connectivity index (χ1v) is 4.41. The highest BCUT2D eigenvalue weighted by Gasteiger charge is 2.23. The second-order valence-corrected chi connectivity index (χ2v) is 3.01. The molecule has 0 bridgehead atoms. The summed E-state index contributed by atoms with van der Waals surface area (Å²) >= 11 is 0. The molecule has 86 valence electrons. The smallest absolute Gasteiger partial charge is 0.326 e. The molecule has 0 aliphatic rings. The first-order chi connectivity index (χ1) is 6.89. The average Bonchev–Trinajstić information content (AvgIpc) is 2.19. The Balaban J connectivity index is 0.000000288. The highest BCUT2D eigenvalue weighted by Crippen LogP contribution is 2.10. The topological polar surface area (TPSA) is 52.0 Å². The molecule has 0 heterocycles. The molecule has 0 aromatic heterocycles. The summed E-state index contributed by atoms with van der Waals surface area (Å²) in [6, 6.07) is 8.25. The Morgan fingerprint density at radius 1 is 1.07 bits per heavy atom. The van der Waals surface area contributed by atoms with Crippen molar-refractivity contribution in [2.75, 3.05) is 6.54 Å². The molecule has 1 aromatic rings. The van der Waals surface area contributed by atoms with Crippen molar-refractivity contribution in [3.8, 4) is 0 Å². The van der Waals surface area contributed by atoms with Gasteiger partial charge in [-0.25, -0.2) is 0 Å². The van der Waals surface area contributed by atoms with Gasteiger partial charge in [0.05, 0.1) is 6.54 Å². The fraction of sp³-hybridized carbons (Fsp3) is 0.400. The predicted molar refractivity (Wildman–Crippen MR) is 54.2 cm³/mol. The summed E-state index contributed by atoms with van der Waals surface area (Å²) in [7, 11) is 0. The molecule has 0 radical (unpaired) electrons. The zero-order chi connectivity index (χ0) is 11.9. The third kappa shape index (κ3) is 7.96. The summed E-state index contributed by atoms with van der Waals surface area (Å²) in [4.78, 5) is 0. The molecule has 0 spiro atoms. The standard InChI is InChI=1S/C8H11N.C2H4F3N/c1-7-2-4-8(6-9)5-3-7;3-2(4,5)1-6/h2-5H,6,9H2,1H3;1,6H2. The van der Waals surface area contributed by atoms with E-state index in [-0.39, 0.29) is 0 Å². The minimum Gasteiger partial charge on any atom is -0.326 e. The zero-order valence-corrected chi connectivity index (χ0v) is 8.51. The first kappa shape index (κ1) is 13.9. The van der Waals surface area contributed by atoms with Crippen molar-refractivity contribution in [1.29, 1.82) is 0 Å². The maximum Gasteiger partial charge on any atom is 0.400 e. The average molecular weight is 220 g/mol. The van der Waals surface area contributed by atoms with E-state index in [4.69, 9.17) is 5.73 Å². The van der Waals surface area contributed by atoms with Gasteiger partial charge in [0.25, 0.3) is 0 Å². The van der Waals surface area contributed by atoms with Gasteiger partial charge in [-0.15, -0.1) is 0 Å². The van der Waals surface area contributed by atoms with Crippen molar-refractivity contribution < 1.29 is 13.2 Å². The van der Waals surface area contributed by atoms with Crippen molar-refractivity contribution in [2.24, 2.45) is 11.5 Å². The van der Waals surface area contributed by atoms with Crippen LogP contribution in [0.1, 0.15) is 11.1 Å². The normalized spacial score (nSPS) is 10.5. The molecule has 1 rings (SSSR count). The minimum atomic E-state index is -4.18. The second kappa shape index (κ2) is 6.42. The minimum absolute atomic E-state index is 0.639. The lowest BCUT2D eigenvalue weighted by atomic mass is 10.2. The van der Waals surface area contributed by atoms with E-state index in [0.29, 0.717) is 6.54 Å². The second-order valence-electron chi connectivity index (χ2n) is 3.01. The molecule has 0 fully saturated rings. The third-order valence-corrected chi connectivity index (χ3v) is 1.59. The molecule has 5 heteroatoms. The van der Waals surface area contributed by atoms with Crippen LogP contribution in [0.3, 0.4) is 0 Å². The van der Waals surface area contributed by atoms with E-state index in [0.717, 1.165) is 0 Å². The van der Waals surface area contributed by atoms with Crippen molar-refractivity contribution in [1.82, 2.24) is 0 Å². The van der Waals surface area contributed by atoms with Gasteiger partial charge in [0.2, 0.25) is 0 Å². The van der Waals surface area contributed by atoms with Gasteiger partial charge >= 0.3 is 6.18 Å². The van der Waals surface area contributed by atoms with Crippen LogP contribution < -0.4 is 11.5 Å². The SMILES string of the molecule is Cc1ccc(CN)cc1.NCC(F)(F)F. The number of alkyl halides is 3. The number of benzene rings is 1. The quantitative estimate of drug-likeness (QED) is 0.760. The summed E-state index contributed by atoms with van der Waals surface area (Å²) in [5.74, 6) is 0. The van der Waals surface area contributed by atoms with Crippen LogP contribution in [-0.4, -0.2) is 12.7 Å². The Bertz CT molecular complexity index is 267. The third-order valence-electron chi connectivity index (χ3n) is 1.59. The summed E-state index contributed by atoms with van der Waals surface area (Å²) in [5.41, 5.74) is 12.1. The van der Waals surface area contributed by atoms with Crippen LogP contribution in [0.2, 0.25) is 0 Å². The van der Waals surface area contributed by atoms with Gasteiger partial charge in [-0.1, -0.05) is 29.8 Å². The summed E-state index contributed by atoms with van der Waals surface area (Å²) in [6.07, 6.45) is -4.18. The van der Waals surface area contributed by atoms with Gasteiger partial charge in [-0.2, -0.15) is 13.2 Å². The number of hydrogen-bond acceptors (Lipinski definition) is 2. The summed E-state index contributed by atoms with van der Waals surface area (Å²) in [5, 5.41) is 0. The van der Waals surface area contributed by atoms with E-state index >= 15 is 0 Å². The number of rotatable bonds is 1. The van der Waals surface area contributed by atoms with Crippen LogP contribution in [0.25, 0.3) is 0 Å². The van der Waals surface area contributed by atoms with Crippen molar-refractivity contribution >= 4 is 0 Å². The van der Waals surface area contributed by atoms with Gasteiger partial charge in [0.1, 0.15) is 0 Å². The first-order valence-electron chi connectivity index (χ1n) is 4.41. The van der Waals surface area contributed by atoms with Crippen LogP contribution in [0.4, 0.5) is 13.2 Å². The monoisotopic (exact) mass is 220 g/mol. The highest BCUT2D eigenvalue weighted by atomic mass is 19.4. The van der Waals surface area contributed by atoms with Gasteiger partial charge in [0, 0.05) is 6.54 Å². The molecular formula is C10H15F3N2. The van der Waals surface area contributed by atoms with Gasteiger partial charge in [-0.05, 0) is 12.5 Å². The molecule has 2 nitrogen and oxygen atoms in total. The Morgan fingerprint density at radius 3 is 1.73 bits per heavy atom. The molecule has 15 heavy (non-hydrogen) atoms. The van der Waals surface area contributed by atoms with Crippen LogP contribution in [0.5, 0.6) is 0 Å². The fourth-order valence-corrected chi connectivity index (χ4v) is 0.724. The van der Waals surface area contributed by atoms with Crippen LogP contribution in [0, 0.1) is 6.92 Å². The molecule has 0 unspecified atom stereocenters. The number of aryl methyl sites for hydroxylation is 1. The van der Waals surface area contributed by atoms with Crippen LogP contribution >= 0.6 is 0 Å². The number of halogens is 3. The maximum atomic E-state index is 10.7. The van der Waals surface area contributed by atoms with E-state index in [2.05, 4.69) is 36.9 Å². The van der Waals surface area contributed by atoms with Crippen molar-refractivity contribution in [3.05, 3.63) is 35.4 Å². The lowest BCUT2D eigenvalue weighted by Crippen LogP contribution is -2.21. The fourth-order valence-electron chi connectivity index (χ4n) is 0.724. The largest absolute Gasteiger partial charge is 0.400 e. The molecule has 4 N–H and O–H groups in total. The summed E-state index contributed by atoms with van der Waals surface area (Å²) in [6.45, 7) is 1.48.